The second kappa shape index (κ2) is 8.26. The van der Waals surface area contributed by atoms with E-state index in [9.17, 15) is 26.4 Å². The van der Waals surface area contributed by atoms with Crippen LogP contribution >= 0.6 is 0 Å². The van der Waals surface area contributed by atoms with E-state index in [-0.39, 0.29) is 28.6 Å². The quantitative estimate of drug-likeness (QED) is 0.524. The summed E-state index contributed by atoms with van der Waals surface area (Å²) in [6, 6.07) is 10.1. The highest BCUT2D eigenvalue weighted by molar-refractivity contribution is 7.89. The van der Waals surface area contributed by atoms with Crippen molar-refractivity contribution in [3.8, 4) is 5.75 Å². The summed E-state index contributed by atoms with van der Waals surface area (Å²) in [5, 5.41) is 0.171. The third kappa shape index (κ3) is 4.39. The average Bonchev–Trinajstić information content (AvgIpc) is 2.98. The molecule has 3 aromatic rings. The number of halogens is 3. The zero-order valence-electron chi connectivity index (χ0n) is 17.0. The van der Waals surface area contributed by atoms with Crippen molar-refractivity contribution in [3.63, 3.8) is 0 Å². The summed E-state index contributed by atoms with van der Waals surface area (Å²) in [4.78, 5) is 11.9. The van der Waals surface area contributed by atoms with Crippen molar-refractivity contribution in [2.75, 3.05) is 14.2 Å². The normalized spacial score (nSPS) is 12.2. The number of rotatable bonds is 6. The number of esters is 1. The Bertz CT molecular complexity index is 1230. The molecule has 0 fully saturated rings. The van der Waals surface area contributed by atoms with Gasteiger partial charge in [0, 0.05) is 11.1 Å². The van der Waals surface area contributed by atoms with E-state index < -0.39 is 39.2 Å². The number of aromatic nitrogens is 1. The molecule has 166 valence electrons. The summed E-state index contributed by atoms with van der Waals surface area (Å²) in [5.74, 6) is -1.55. The lowest BCUT2D eigenvalue weighted by Crippen LogP contribution is -2.17. The predicted molar refractivity (Wildman–Crippen MR) is 108 cm³/mol. The van der Waals surface area contributed by atoms with Crippen molar-refractivity contribution in [2.45, 2.75) is 25.3 Å². The molecule has 1 aromatic heterocycles. The van der Waals surface area contributed by atoms with E-state index in [0.717, 1.165) is 23.2 Å². The fourth-order valence-corrected chi connectivity index (χ4v) is 5.24. The number of nitrogens with zero attached hydrogens (tertiary/aromatic N) is 1. The summed E-state index contributed by atoms with van der Waals surface area (Å²) >= 11 is 0. The largest absolute Gasteiger partial charge is 0.496 e. The van der Waals surface area contributed by atoms with E-state index in [4.69, 9.17) is 4.74 Å². The molecular weight excluding hydrogens is 435 g/mol. The molecule has 31 heavy (non-hydrogen) atoms. The maximum absolute atomic E-state index is 13.6. The van der Waals surface area contributed by atoms with Crippen LogP contribution in [0, 0.1) is 6.92 Å². The van der Waals surface area contributed by atoms with Crippen molar-refractivity contribution in [1.29, 1.82) is 0 Å². The molecule has 0 amide bonds. The minimum atomic E-state index is -4.77. The molecule has 0 aliphatic heterocycles. The van der Waals surface area contributed by atoms with Crippen LogP contribution in [-0.4, -0.2) is 32.6 Å². The van der Waals surface area contributed by atoms with E-state index in [1.165, 1.54) is 14.0 Å². The molecule has 1 heterocycles. The lowest BCUT2D eigenvalue weighted by atomic mass is 10.0. The molecule has 2 aromatic carbocycles. The maximum Gasteiger partial charge on any atom is 0.420 e. The highest BCUT2D eigenvalue weighted by Gasteiger charge is 2.36. The first-order valence-electron chi connectivity index (χ1n) is 9.12. The summed E-state index contributed by atoms with van der Waals surface area (Å²) in [6.07, 6.45) is -5.07. The summed E-state index contributed by atoms with van der Waals surface area (Å²) < 4.78 is 77.7. The predicted octanol–water partition coefficient (Wildman–Crippen LogP) is 4.07. The van der Waals surface area contributed by atoms with Gasteiger partial charge in [0.25, 0.3) is 0 Å². The minimum absolute atomic E-state index is 0.137. The number of carbonyl (C=O) groups excluding carboxylic acids is 1. The second-order valence-electron chi connectivity index (χ2n) is 6.89. The minimum Gasteiger partial charge on any atom is -0.496 e. The Morgan fingerprint density at radius 1 is 1.10 bits per heavy atom. The standard InChI is InChI=1S/C21H20F3NO5S/c1-13-15(10-20(26)30-3)16-9-19(29-2)17(21(22,23)24)11-18(16)25(13)31(27,28)12-14-7-5-4-6-8-14/h4-9,11H,10,12H2,1-3H3. The molecule has 10 heteroatoms. The van der Waals surface area contributed by atoms with Gasteiger partial charge in [0.2, 0.25) is 10.0 Å². The molecule has 0 aliphatic rings. The smallest absolute Gasteiger partial charge is 0.420 e. The number of ether oxygens (including phenoxy) is 2. The number of hydrogen-bond acceptors (Lipinski definition) is 5. The summed E-state index contributed by atoms with van der Waals surface area (Å²) in [7, 11) is -1.86. The van der Waals surface area contributed by atoms with Crippen LogP contribution < -0.4 is 4.74 Å². The van der Waals surface area contributed by atoms with Crippen LogP contribution in [0.4, 0.5) is 13.2 Å². The van der Waals surface area contributed by atoms with Crippen LogP contribution in [0.25, 0.3) is 10.9 Å². The SMILES string of the molecule is COC(=O)Cc1c(C)n(S(=O)(=O)Cc2ccccc2)c2cc(C(F)(F)F)c(OC)cc12. The third-order valence-corrected chi connectivity index (χ3v) is 6.65. The monoisotopic (exact) mass is 455 g/mol. The van der Waals surface area contributed by atoms with Gasteiger partial charge in [-0.15, -0.1) is 0 Å². The Morgan fingerprint density at radius 3 is 2.29 bits per heavy atom. The molecule has 3 rings (SSSR count). The van der Waals surface area contributed by atoms with Gasteiger partial charge in [0.05, 0.1) is 37.5 Å². The number of alkyl halides is 3. The van der Waals surface area contributed by atoms with E-state index >= 15 is 0 Å². The molecule has 0 saturated carbocycles. The number of fused-ring (bicyclic) bond motifs is 1. The molecule has 0 unspecified atom stereocenters. The van der Waals surface area contributed by atoms with Gasteiger partial charge in [-0.3, -0.25) is 4.79 Å². The number of methoxy groups -OCH3 is 2. The van der Waals surface area contributed by atoms with Crippen LogP contribution in [-0.2, 0) is 37.9 Å². The van der Waals surface area contributed by atoms with Gasteiger partial charge in [-0.25, -0.2) is 12.4 Å². The molecule has 6 nitrogen and oxygen atoms in total. The fourth-order valence-electron chi connectivity index (χ4n) is 3.51. The van der Waals surface area contributed by atoms with Gasteiger partial charge < -0.3 is 9.47 Å². The van der Waals surface area contributed by atoms with Crippen LogP contribution in [0.2, 0.25) is 0 Å². The Labute approximate surface area is 177 Å². The number of carbonyl (C=O) groups is 1. The lowest BCUT2D eigenvalue weighted by molar-refractivity contribution is -0.140. The van der Waals surface area contributed by atoms with Crippen LogP contribution in [0.15, 0.2) is 42.5 Å². The average molecular weight is 455 g/mol. The van der Waals surface area contributed by atoms with Crippen LogP contribution in [0.5, 0.6) is 5.75 Å². The topological polar surface area (TPSA) is 74.6 Å². The zero-order valence-corrected chi connectivity index (χ0v) is 17.8. The molecular formula is C21H20F3NO5S. The van der Waals surface area contributed by atoms with Gasteiger partial charge in [-0.1, -0.05) is 30.3 Å². The first kappa shape index (κ1) is 22.7. The lowest BCUT2D eigenvalue weighted by Gasteiger charge is -2.14. The van der Waals surface area contributed by atoms with Crippen molar-refractivity contribution < 1.29 is 35.9 Å². The number of benzene rings is 2. The Kier molecular flexibility index (Phi) is 6.04. The van der Waals surface area contributed by atoms with Crippen LogP contribution in [0.1, 0.15) is 22.4 Å². The van der Waals surface area contributed by atoms with Crippen molar-refractivity contribution in [3.05, 3.63) is 64.8 Å². The van der Waals surface area contributed by atoms with Crippen molar-refractivity contribution in [1.82, 2.24) is 3.97 Å². The van der Waals surface area contributed by atoms with E-state index in [1.807, 2.05) is 0 Å². The highest BCUT2D eigenvalue weighted by atomic mass is 32.2. The molecule has 0 atom stereocenters. The highest BCUT2D eigenvalue weighted by Crippen LogP contribution is 2.41. The first-order chi connectivity index (χ1) is 14.5. The molecule has 0 N–H and O–H groups in total. The number of hydrogen-bond donors (Lipinski definition) is 0. The van der Waals surface area contributed by atoms with Crippen LogP contribution in [0.3, 0.4) is 0 Å². The molecule has 0 aliphatic carbocycles. The summed E-state index contributed by atoms with van der Waals surface area (Å²) in [5.41, 5.74) is -0.424. The molecule has 0 saturated heterocycles. The zero-order chi connectivity index (χ0) is 23.0. The molecule has 0 bridgehead atoms. The maximum atomic E-state index is 13.6. The Hall–Kier alpha value is -3.01. The van der Waals surface area contributed by atoms with E-state index in [0.29, 0.717) is 5.56 Å². The second-order valence-corrected chi connectivity index (χ2v) is 8.71. The molecule has 0 radical (unpaired) electrons. The van der Waals surface area contributed by atoms with Crippen molar-refractivity contribution in [2.24, 2.45) is 0 Å². The first-order valence-corrected chi connectivity index (χ1v) is 10.7. The fraction of sp³-hybridized carbons (Fsp3) is 0.286. The van der Waals surface area contributed by atoms with E-state index in [1.54, 1.807) is 30.3 Å². The van der Waals surface area contributed by atoms with Gasteiger partial charge in [0.15, 0.2) is 0 Å². The third-order valence-electron chi connectivity index (χ3n) is 4.93. The summed E-state index contributed by atoms with van der Waals surface area (Å²) in [6.45, 7) is 1.44. The van der Waals surface area contributed by atoms with Gasteiger partial charge in [-0.05, 0) is 30.2 Å². The van der Waals surface area contributed by atoms with Gasteiger partial charge in [0.1, 0.15) is 5.75 Å². The Morgan fingerprint density at radius 2 is 1.74 bits per heavy atom. The molecule has 0 spiro atoms. The Balaban J connectivity index is 2.33. The van der Waals surface area contributed by atoms with Gasteiger partial charge >= 0.3 is 12.1 Å². The van der Waals surface area contributed by atoms with Gasteiger partial charge in [-0.2, -0.15) is 13.2 Å². The van der Waals surface area contributed by atoms with E-state index in [2.05, 4.69) is 4.74 Å². The van der Waals surface area contributed by atoms with Crippen molar-refractivity contribution >= 4 is 26.9 Å².